The second-order valence-electron chi connectivity index (χ2n) is 8.71. The van der Waals surface area contributed by atoms with E-state index < -0.39 is 0 Å². The molecule has 3 rings (SSSR count). The fraction of sp³-hybridized carbons (Fsp3) is 0.393. The van der Waals surface area contributed by atoms with Gasteiger partial charge in [-0.1, -0.05) is 43.3 Å². The van der Waals surface area contributed by atoms with Crippen LogP contribution in [-0.2, 0) is 4.79 Å². The van der Waals surface area contributed by atoms with Gasteiger partial charge in [0.05, 0.1) is 5.69 Å². The van der Waals surface area contributed by atoms with Crippen molar-refractivity contribution in [2.75, 3.05) is 26.2 Å². The fourth-order valence-electron chi connectivity index (χ4n) is 4.35. The standard InChI is InChI=1S/C28H36N6O2/c1-5-15-34(16-6-2)28(36)24-17-23-14-13-22(18-25(23)30-26(19-24)31-32-29)20-9-11-21(12-10-20)27(35)33(7-3)8-4/h9-14,17-18H,5-8,15-16,19H2,1-4H3,(H2,29,30,31). The molecule has 2 N–H and O–H groups in total. The molecule has 0 unspecified atom stereocenters. The molecule has 36 heavy (non-hydrogen) atoms. The van der Waals surface area contributed by atoms with Crippen LogP contribution in [0.15, 0.2) is 63.4 Å². The van der Waals surface area contributed by atoms with E-state index in [1.165, 1.54) is 0 Å². The summed E-state index contributed by atoms with van der Waals surface area (Å²) >= 11 is 0. The summed E-state index contributed by atoms with van der Waals surface area (Å²) in [5, 5.41) is 7.42. The Hall–Kier alpha value is -3.81. The van der Waals surface area contributed by atoms with Gasteiger partial charge in [0, 0.05) is 49.3 Å². The summed E-state index contributed by atoms with van der Waals surface area (Å²) in [6.45, 7) is 10.8. The first kappa shape index (κ1) is 26.8. The van der Waals surface area contributed by atoms with E-state index >= 15 is 0 Å². The lowest BCUT2D eigenvalue weighted by molar-refractivity contribution is -0.127. The highest BCUT2D eigenvalue weighted by molar-refractivity contribution is 6.06. The maximum Gasteiger partial charge on any atom is 0.253 e. The third kappa shape index (κ3) is 6.24. The van der Waals surface area contributed by atoms with Gasteiger partial charge in [0.25, 0.3) is 5.91 Å². The highest BCUT2D eigenvalue weighted by atomic mass is 16.2. The predicted molar refractivity (Wildman–Crippen MR) is 145 cm³/mol. The Morgan fingerprint density at radius 3 is 2.11 bits per heavy atom. The average Bonchev–Trinajstić information content (AvgIpc) is 3.07. The number of hydrogen-bond donors (Lipinski definition) is 1. The summed E-state index contributed by atoms with van der Waals surface area (Å²) in [7, 11) is 0. The molecule has 0 saturated heterocycles. The zero-order valence-corrected chi connectivity index (χ0v) is 21.7. The van der Waals surface area contributed by atoms with Crippen LogP contribution >= 0.6 is 0 Å². The molecule has 8 heteroatoms. The SMILES string of the molecule is CCCN(CCC)C(=O)C1=Cc2ccc(-c3ccc(C(=O)N(CC)CC)cc3)cc2N=C(N=NN)C1. The molecule has 1 aliphatic rings. The normalized spacial score (nSPS) is 13.0. The van der Waals surface area contributed by atoms with Crippen molar-refractivity contribution in [2.24, 2.45) is 21.2 Å². The summed E-state index contributed by atoms with van der Waals surface area (Å²) in [6, 6.07) is 13.5. The van der Waals surface area contributed by atoms with Gasteiger partial charge in [-0.25, -0.2) is 4.99 Å². The molecule has 2 amide bonds. The lowest BCUT2D eigenvalue weighted by atomic mass is 9.99. The molecular weight excluding hydrogens is 452 g/mol. The largest absolute Gasteiger partial charge is 0.339 e. The van der Waals surface area contributed by atoms with E-state index in [0.29, 0.717) is 48.8 Å². The zero-order chi connectivity index (χ0) is 26.1. The molecule has 0 radical (unpaired) electrons. The van der Waals surface area contributed by atoms with Crippen molar-refractivity contribution in [1.82, 2.24) is 9.80 Å². The van der Waals surface area contributed by atoms with Crippen molar-refractivity contribution < 1.29 is 9.59 Å². The van der Waals surface area contributed by atoms with Gasteiger partial charge in [-0.3, -0.25) is 9.59 Å². The Balaban J connectivity index is 1.96. The minimum absolute atomic E-state index is 0.0102. The number of aliphatic imine (C=N–C) groups is 1. The van der Waals surface area contributed by atoms with Gasteiger partial charge in [-0.05, 0) is 62.1 Å². The van der Waals surface area contributed by atoms with E-state index in [1.54, 1.807) is 4.90 Å². The Bertz CT molecular complexity index is 1160. The summed E-state index contributed by atoms with van der Waals surface area (Å²) in [4.78, 5) is 34.3. The van der Waals surface area contributed by atoms with E-state index in [-0.39, 0.29) is 18.2 Å². The zero-order valence-electron chi connectivity index (χ0n) is 21.7. The first-order valence-corrected chi connectivity index (χ1v) is 12.7. The lowest BCUT2D eigenvalue weighted by Gasteiger charge is -2.22. The molecule has 0 atom stereocenters. The molecule has 0 saturated carbocycles. The van der Waals surface area contributed by atoms with E-state index in [2.05, 4.69) is 29.2 Å². The fourth-order valence-corrected chi connectivity index (χ4v) is 4.35. The van der Waals surface area contributed by atoms with Crippen molar-refractivity contribution in [2.45, 2.75) is 47.0 Å². The number of amidine groups is 1. The second kappa shape index (κ2) is 12.8. The number of rotatable bonds is 9. The Labute approximate surface area is 213 Å². The second-order valence-corrected chi connectivity index (χ2v) is 8.71. The van der Waals surface area contributed by atoms with Crippen LogP contribution in [0.3, 0.4) is 0 Å². The number of carbonyl (C=O) groups excluding carboxylic acids is 2. The molecule has 0 fully saturated rings. The molecule has 2 aromatic carbocycles. The molecule has 8 nitrogen and oxygen atoms in total. The summed E-state index contributed by atoms with van der Waals surface area (Å²) in [6.07, 6.45) is 3.94. The van der Waals surface area contributed by atoms with Gasteiger partial charge in [0.2, 0.25) is 5.91 Å². The minimum atomic E-state index is -0.0102. The first-order valence-electron chi connectivity index (χ1n) is 12.7. The third-order valence-corrected chi connectivity index (χ3v) is 6.20. The highest BCUT2D eigenvalue weighted by Crippen LogP contribution is 2.33. The molecule has 0 bridgehead atoms. The van der Waals surface area contributed by atoms with Crippen LogP contribution in [-0.4, -0.2) is 53.6 Å². The number of nitrogens with zero attached hydrogens (tertiary/aromatic N) is 5. The minimum Gasteiger partial charge on any atom is -0.339 e. The van der Waals surface area contributed by atoms with Crippen molar-refractivity contribution in [3.63, 3.8) is 0 Å². The van der Waals surface area contributed by atoms with E-state index in [1.807, 2.05) is 67.3 Å². The number of benzene rings is 2. The molecule has 1 aliphatic heterocycles. The van der Waals surface area contributed by atoms with Gasteiger partial charge >= 0.3 is 0 Å². The third-order valence-electron chi connectivity index (χ3n) is 6.20. The number of hydrogen-bond acceptors (Lipinski definition) is 5. The smallest absolute Gasteiger partial charge is 0.253 e. The van der Waals surface area contributed by atoms with Crippen molar-refractivity contribution in [3.05, 3.63) is 59.2 Å². The molecule has 2 aromatic rings. The summed E-state index contributed by atoms with van der Waals surface area (Å²) in [5.41, 5.74) is 4.73. The molecular formula is C28H36N6O2. The van der Waals surface area contributed by atoms with E-state index in [9.17, 15) is 9.59 Å². The maximum atomic E-state index is 13.3. The van der Waals surface area contributed by atoms with Crippen molar-refractivity contribution >= 4 is 29.4 Å². The van der Waals surface area contributed by atoms with Crippen LogP contribution in [0.2, 0.25) is 0 Å². The average molecular weight is 489 g/mol. The van der Waals surface area contributed by atoms with E-state index in [4.69, 9.17) is 5.84 Å². The summed E-state index contributed by atoms with van der Waals surface area (Å²) < 4.78 is 0. The number of fused-ring (bicyclic) bond motifs is 1. The number of carbonyl (C=O) groups is 2. The molecule has 1 heterocycles. The maximum absolute atomic E-state index is 13.3. The van der Waals surface area contributed by atoms with Crippen molar-refractivity contribution in [3.8, 4) is 11.1 Å². The number of amides is 2. The van der Waals surface area contributed by atoms with E-state index in [0.717, 1.165) is 29.5 Å². The quantitative estimate of drug-likeness (QED) is 0.281. The summed E-state index contributed by atoms with van der Waals surface area (Å²) in [5.74, 6) is 5.74. The Morgan fingerprint density at radius 2 is 1.53 bits per heavy atom. The van der Waals surface area contributed by atoms with Crippen LogP contribution < -0.4 is 5.84 Å². The highest BCUT2D eigenvalue weighted by Gasteiger charge is 2.22. The van der Waals surface area contributed by atoms with Crippen LogP contribution in [0.1, 0.15) is 62.9 Å². The number of nitrogens with two attached hydrogens (primary N) is 1. The van der Waals surface area contributed by atoms with Gasteiger partial charge in [0.1, 0.15) is 0 Å². The molecule has 190 valence electrons. The van der Waals surface area contributed by atoms with Crippen LogP contribution in [0, 0.1) is 0 Å². The van der Waals surface area contributed by atoms with Crippen molar-refractivity contribution in [1.29, 1.82) is 0 Å². The molecule has 0 aromatic heterocycles. The first-order chi connectivity index (χ1) is 17.4. The molecule has 0 spiro atoms. The van der Waals surface area contributed by atoms with Gasteiger partial charge in [0.15, 0.2) is 5.84 Å². The van der Waals surface area contributed by atoms with Crippen LogP contribution in [0.25, 0.3) is 17.2 Å². The topological polar surface area (TPSA) is 104 Å². The van der Waals surface area contributed by atoms with Gasteiger partial charge in [-0.2, -0.15) is 0 Å². The van der Waals surface area contributed by atoms with Crippen LogP contribution in [0.5, 0.6) is 0 Å². The lowest BCUT2D eigenvalue weighted by Crippen LogP contribution is -2.34. The predicted octanol–water partition coefficient (Wildman–Crippen LogP) is 5.63. The Kier molecular flexibility index (Phi) is 9.50. The van der Waals surface area contributed by atoms with Gasteiger partial charge in [-0.15, -0.1) is 5.11 Å². The molecule has 0 aliphatic carbocycles. The Morgan fingerprint density at radius 1 is 0.889 bits per heavy atom. The van der Waals surface area contributed by atoms with Gasteiger partial charge < -0.3 is 15.6 Å². The van der Waals surface area contributed by atoms with Crippen LogP contribution in [0.4, 0.5) is 5.69 Å². The monoisotopic (exact) mass is 488 g/mol.